The Morgan fingerprint density at radius 3 is 2.67 bits per heavy atom. The van der Waals surface area contributed by atoms with Crippen LogP contribution in [0, 0.1) is 11.6 Å². The minimum absolute atomic E-state index is 0.00331. The van der Waals surface area contributed by atoms with Crippen LogP contribution < -0.4 is 0 Å². The highest BCUT2D eigenvalue weighted by Crippen LogP contribution is 2.23. The van der Waals surface area contributed by atoms with Gasteiger partial charge in [0.05, 0.1) is 0 Å². The number of aromatic nitrogens is 1. The molecule has 1 N–H and O–H groups in total. The maximum atomic E-state index is 13.2. The molecule has 2 nitrogen and oxygen atoms in total. The lowest BCUT2D eigenvalue weighted by Gasteiger charge is -2.02. The lowest BCUT2D eigenvalue weighted by atomic mass is 10.0. The van der Waals surface area contributed by atoms with Gasteiger partial charge >= 0.3 is 0 Å². The Kier molecular flexibility index (Phi) is 3.47. The molecule has 106 valence electrons. The molecule has 0 aliphatic carbocycles. The number of H-pyrrole nitrogens is 1. The fourth-order valence-corrected chi connectivity index (χ4v) is 2.43. The number of hydrogen-bond acceptors (Lipinski definition) is 1. The summed E-state index contributed by atoms with van der Waals surface area (Å²) in [5.74, 6) is -2.07. The molecular formula is C16H10ClF2NO. The van der Waals surface area contributed by atoms with Crippen molar-refractivity contribution in [2.24, 2.45) is 0 Å². The van der Waals surface area contributed by atoms with Crippen LogP contribution in [-0.2, 0) is 6.42 Å². The summed E-state index contributed by atoms with van der Waals surface area (Å²) in [6.07, 6.45) is 1.60. The SMILES string of the molecule is O=C(Cc1ccc(F)c(F)c1)c1c[nH]c2ccc(Cl)cc12. The zero-order chi connectivity index (χ0) is 15.0. The van der Waals surface area contributed by atoms with E-state index in [4.69, 9.17) is 11.6 Å². The number of rotatable bonds is 3. The van der Waals surface area contributed by atoms with E-state index in [0.29, 0.717) is 16.1 Å². The number of aromatic amines is 1. The Morgan fingerprint density at radius 2 is 1.90 bits per heavy atom. The molecule has 0 spiro atoms. The number of Topliss-reactive ketones (excluding diaryl/α,β-unsaturated/α-hetero) is 1. The molecule has 0 amide bonds. The van der Waals surface area contributed by atoms with E-state index in [1.54, 1.807) is 24.4 Å². The van der Waals surface area contributed by atoms with Crippen LogP contribution in [0.1, 0.15) is 15.9 Å². The molecule has 0 bridgehead atoms. The molecule has 21 heavy (non-hydrogen) atoms. The zero-order valence-electron chi connectivity index (χ0n) is 10.8. The number of carbonyl (C=O) groups excluding carboxylic acids is 1. The Hall–Kier alpha value is -2.20. The van der Waals surface area contributed by atoms with Gasteiger partial charge in [-0.2, -0.15) is 0 Å². The number of fused-ring (bicyclic) bond motifs is 1. The van der Waals surface area contributed by atoms with Gasteiger partial charge in [0.15, 0.2) is 17.4 Å². The second-order valence-electron chi connectivity index (χ2n) is 4.74. The summed E-state index contributed by atoms with van der Waals surface area (Å²) >= 11 is 5.93. The van der Waals surface area contributed by atoms with Crippen molar-refractivity contribution in [1.29, 1.82) is 0 Å². The quantitative estimate of drug-likeness (QED) is 0.709. The molecule has 0 fully saturated rings. The van der Waals surface area contributed by atoms with E-state index in [-0.39, 0.29) is 12.2 Å². The average molecular weight is 306 g/mol. The topological polar surface area (TPSA) is 32.9 Å². The van der Waals surface area contributed by atoms with Crippen LogP contribution in [0.2, 0.25) is 5.02 Å². The van der Waals surface area contributed by atoms with Crippen molar-refractivity contribution in [1.82, 2.24) is 4.98 Å². The van der Waals surface area contributed by atoms with Crippen molar-refractivity contribution >= 4 is 28.3 Å². The monoisotopic (exact) mass is 305 g/mol. The third-order valence-electron chi connectivity index (χ3n) is 3.29. The molecule has 5 heteroatoms. The second kappa shape index (κ2) is 5.30. The minimum atomic E-state index is -0.956. The number of carbonyl (C=O) groups is 1. The Labute approximate surface area is 124 Å². The summed E-state index contributed by atoms with van der Waals surface area (Å²) in [6.45, 7) is 0. The zero-order valence-corrected chi connectivity index (χ0v) is 11.5. The van der Waals surface area contributed by atoms with Gasteiger partial charge in [0, 0.05) is 34.1 Å². The van der Waals surface area contributed by atoms with Gasteiger partial charge in [-0.15, -0.1) is 0 Å². The van der Waals surface area contributed by atoms with Crippen LogP contribution in [0.4, 0.5) is 8.78 Å². The number of hydrogen-bond donors (Lipinski definition) is 1. The third kappa shape index (κ3) is 2.67. The molecule has 3 rings (SSSR count). The first kappa shape index (κ1) is 13.8. The lowest BCUT2D eigenvalue weighted by Crippen LogP contribution is -2.03. The molecule has 1 heterocycles. The third-order valence-corrected chi connectivity index (χ3v) is 3.53. The summed E-state index contributed by atoms with van der Waals surface area (Å²) in [5.41, 5.74) is 1.71. The van der Waals surface area contributed by atoms with Gasteiger partial charge in [0.2, 0.25) is 0 Å². The highest BCUT2D eigenvalue weighted by Gasteiger charge is 2.14. The fraction of sp³-hybridized carbons (Fsp3) is 0.0625. The van der Waals surface area contributed by atoms with Gasteiger partial charge in [-0.1, -0.05) is 17.7 Å². The summed E-state index contributed by atoms with van der Waals surface area (Å²) in [5, 5.41) is 1.25. The number of halogens is 3. The molecule has 3 aromatic rings. The number of nitrogens with one attached hydrogen (secondary N) is 1. The first-order chi connectivity index (χ1) is 10.0. The second-order valence-corrected chi connectivity index (χ2v) is 5.18. The van der Waals surface area contributed by atoms with Crippen molar-refractivity contribution < 1.29 is 13.6 Å². The van der Waals surface area contributed by atoms with Crippen LogP contribution in [0.5, 0.6) is 0 Å². The summed E-state index contributed by atoms with van der Waals surface area (Å²) in [6, 6.07) is 8.67. The van der Waals surface area contributed by atoms with Crippen molar-refractivity contribution in [3.63, 3.8) is 0 Å². The lowest BCUT2D eigenvalue weighted by molar-refractivity contribution is 0.0994. The molecule has 0 atom stereocenters. The Bertz CT molecular complexity index is 841. The minimum Gasteiger partial charge on any atom is -0.360 e. The van der Waals surface area contributed by atoms with E-state index in [9.17, 15) is 13.6 Å². The van der Waals surface area contributed by atoms with Crippen molar-refractivity contribution in [3.8, 4) is 0 Å². The van der Waals surface area contributed by atoms with Gasteiger partial charge in [0.25, 0.3) is 0 Å². The molecule has 1 aromatic heterocycles. The smallest absolute Gasteiger partial charge is 0.169 e. The fourth-order valence-electron chi connectivity index (χ4n) is 2.25. The van der Waals surface area contributed by atoms with E-state index < -0.39 is 11.6 Å². The van der Waals surface area contributed by atoms with E-state index in [1.165, 1.54) is 6.07 Å². The Balaban J connectivity index is 1.93. The van der Waals surface area contributed by atoms with Gasteiger partial charge in [0.1, 0.15) is 0 Å². The molecule has 0 saturated carbocycles. The normalized spacial score (nSPS) is 11.0. The van der Waals surface area contributed by atoms with Crippen LogP contribution >= 0.6 is 11.6 Å². The largest absolute Gasteiger partial charge is 0.360 e. The maximum absolute atomic E-state index is 13.2. The van der Waals surface area contributed by atoms with Gasteiger partial charge < -0.3 is 4.98 Å². The van der Waals surface area contributed by atoms with E-state index in [2.05, 4.69) is 4.98 Å². The molecule has 0 saturated heterocycles. The van der Waals surface area contributed by atoms with Gasteiger partial charge in [-0.3, -0.25) is 4.79 Å². The molecule has 0 aliphatic heterocycles. The van der Waals surface area contributed by atoms with Crippen LogP contribution in [0.25, 0.3) is 10.9 Å². The van der Waals surface area contributed by atoms with E-state index in [1.807, 2.05) is 0 Å². The average Bonchev–Trinajstić information content (AvgIpc) is 2.86. The maximum Gasteiger partial charge on any atom is 0.169 e. The number of ketones is 1. The Morgan fingerprint density at radius 1 is 1.10 bits per heavy atom. The van der Waals surface area contributed by atoms with Crippen molar-refractivity contribution in [2.75, 3.05) is 0 Å². The predicted octanol–water partition coefficient (Wildman–Crippen LogP) is 4.52. The molecule has 2 aromatic carbocycles. The van der Waals surface area contributed by atoms with Gasteiger partial charge in [-0.25, -0.2) is 8.78 Å². The molecule has 0 aliphatic rings. The first-order valence-electron chi connectivity index (χ1n) is 6.28. The first-order valence-corrected chi connectivity index (χ1v) is 6.66. The summed E-state index contributed by atoms with van der Waals surface area (Å²) < 4.78 is 26.1. The van der Waals surface area contributed by atoms with Crippen molar-refractivity contribution in [2.45, 2.75) is 6.42 Å². The number of benzene rings is 2. The summed E-state index contributed by atoms with van der Waals surface area (Å²) in [4.78, 5) is 15.3. The van der Waals surface area contributed by atoms with Crippen molar-refractivity contribution in [3.05, 3.63) is 70.4 Å². The highest BCUT2D eigenvalue weighted by molar-refractivity contribution is 6.31. The van der Waals surface area contributed by atoms with Crippen LogP contribution in [0.3, 0.4) is 0 Å². The van der Waals surface area contributed by atoms with Crippen LogP contribution in [-0.4, -0.2) is 10.8 Å². The van der Waals surface area contributed by atoms with Crippen LogP contribution in [0.15, 0.2) is 42.6 Å². The van der Waals surface area contributed by atoms with E-state index >= 15 is 0 Å². The highest BCUT2D eigenvalue weighted by atomic mass is 35.5. The molecule has 0 unspecified atom stereocenters. The van der Waals surface area contributed by atoms with E-state index in [0.717, 1.165) is 23.0 Å². The predicted molar refractivity (Wildman–Crippen MR) is 77.7 cm³/mol. The van der Waals surface area contributed by atoms with Gasteiger partial charge in [-0.05, 0) is 35.9 Å². The molecule has 0 radical (unpaired) electrons. The summed E-state index contributed by atoms with van der Waals surface area (Å²) in [7, 11) is 0. The molecular weight excluding hydrogens is 296 g/mol. The standard InChI is InChI=1S/C16H10ClF2NO/c17-10-2-4-15-11(7-10)12(8-20-15)16(21)6-9-1-3-13(18)14(19)5-9/h1-5,7-8,20H,6H2.